The number of aromatic carboxylic acids is 1. The molecule has 3 aromatic rings. The van der Waals surface area contributed by atoms with Gasteiger partial charge in [-0.1, -0.05) is 6.07 Å². The molecule has 0 saturated heterocycles. The van der Waals surface area contributed by atoms with Crippen molar-refractivity contribution < 1.29 is 33.8 Å². The van der Waals surface area contributed by atoms with Crippen LogP contribution in [0.1, 0.15) is 47.0 Å². The van der Waals surface area contributed by atoms with Gasteiger partial charge in [0.25, 0.3) is 17.7 Å². The largest absolute Gasteiger partial charge is 0.493 e. The number of carboxylic acid groups (broad SMARTS) is 1. The lowest BCUT2D eigenvalue weighted by Gasteiger charge is -2.14. The number of carbonyl (C=O) groups is 4. The fourth-order valence-electron chi connectivity index (χ4n) is 3.81. The Labute approximate surface area is 200 Å². The van der Waals surface area contributed by atoms with E-state index < -0.39 is 23.7 Å². The highest BCUT2D eigenvalue weighted by Gasteiger charge is 2.35. The van der Waals surface area contributed by atoms with Gasteiger partial charge in [-0.2, -0.15) is 0 Å². The first-order valence-electron chi connectivity index (χ1n) is 10.7. The van der Waals surface area contributed by atoms with E-state index in [-0.39, 0.29) is 28.8 Å². The Hall–Kier alpha value is -4.66. The summed E-state index contributed by atoms with van der Waals surface area (Å²) in [6.45, 7) is 0.166. The molecule has 9 nitrogen and oxygen atoms in total. The van der Waals surface area contributed by atoms with Crippen molar-refractivity contribution in [2.75, 3.05) is 26.1 Å². The zero-order valence-corrected chi connectivity index (χ0v) is 19.0. The molecule has 3 amide bonds. The van der Waals surface area contributed by atoms with Crippen molar-refractivity contribution in [1.29, 1.82) is 0 Å². The van der Waals surface area contributed by atoms with Crippen molar-refractivity contribution in [2.24, 2.45) is 0 Å². The minimum atomic E-state index is -1.07. The van der Waals surface area contributed by atoms with E-state index in [1.165, 1.54) is 49.6 Å². The molecule has 0 atom stereocenters. The first-order valence-corrected chi connectivity index (χ1v) is 10.7. The van der Waals surface area contributed by atoms with Crippen LogP contribution in [0.15, 0.2) is 60.7 Å². The number of rotatable bonds is 8. The summed E-state index contributed by atoms with van der Waals surface area (Å²) < 4.78 is 10.5. The molecule has 0 radical (unpaired) electrons. The number of carbonyl (C=O) groups excluding carboxylic acids is 3. The van der Waals surface area contributed by atoms with E-state index in [0.717, 1.165) is 10.5 Å². The van der Waals surface area contributed by atoms with Crippen molar-refractivity contribution >= 4 is 29.4 Å². The summed E-state index contributed by atoms with van der Waals surface area (Å²) in [5.74, 6) is -1.30. The van der Waals surface area contributed by atoms with Crippen LogP contribution < -0.4 is 14.8 Å². The smallest absolute Gasteiger partial charge is 0.335 e. The fourth-order valence-corrected chi connectivity index (χ4v) is 3.81. The monoisotopic (exact) mass is 474 g/mol. The number of imide groups is 1. The Balaban J connectivity index is 1.46. The normalized spacial score (nSPS) is 12.3. The number of nitrogens with zero attached hydrogens (tertiary/aromatic N) is 1. The summed E-state index contributed by atoms with van der Waals surface area (Å²) in [6.07, 6.45) is 0.422. The van der Waals surface area contributed by atoms with Gasteiger partial charge in [-0.15, -0.1) is 0 Å². The Morgan fingerprint density at radius 1 is 0.829 bits per heavy atom. The molecule has 0 unspecified atom stereocenters. The number of fused-ring (bicyclic) bond motifs is 1. The Bertz CT molecular complexity index is 1330. The van der Waals surface area contributed by atoms with E-state index in [1.54, 1.807) is 19.2 Å². The predicted octanol–water partition coefficient (Wildman–Crippen LogP) is 3.49. The molecule has 0 bridgehead atoms. The van der Waals surface area contributed by atoms with Crippen LogP contribution in [0.5, 0.6) is 11.5 Å². The molecule has 0 spiro atoms. The number of nitrogens with one attached hydrogen (secondary N) is 1. The Kier molecular flexibility index (Phi) is 6.50. The number of anilines is 1. The molecule has 178 valence electrons. The highest BCUT2D eigenvalue weighted by atomic mass is 16.5. The van der Waals surface area contributed by atoms with Gasteiger partial charge in [-0.3, -0.25) is 19.3 Å². The molecule has 9 heteroatoms. The number of ether oxygens (including phenoxy) is 2. The molecule has 1 aliphatic heterocycles. The molecule has 35 heavy (non-hydrogen) atoms. The van der Waals surface area contributed by atoms with Gasteiger partial charge in [-0.05, 0) is 66.6 Å². The molecule has 0 aliphatic carbocycles. The van der Waals surface area contributed by atoms with Gasteiger partial charge >= 0.3 is 5.97 Å². The standard InChI is InChI=1S/C26H22N2O7/c1-34-21-10-3-15(13-22(21)35-2)11-12-28-24(30)19-9-6-17(14-20(19)25(28)31)23(29)27-18-7-4-16(5-8-18)26(32)33/h3-10,13-14H,11-12H2,1-2H3,(H,27,29)(H,32,33). The summed E-state index contributed by atoms with van der Waals surface area (Å²) in [5.41, 5.74) is 1.97. The second-order valence-corrected chi connectivity index (χ2v) is 7.80. The molecule has 4 rings (SSSR count). The van der Waals surface area contributed by atoms with E-state index in [2.05, 4.69) is 5.32 Å². The zero-order valence-electron chi connectivity index (χ0n) is 19.0. The topological polar surface area (TPSA) is 122 Å². The highest BCUT2D eigenvalue weighted by Crippen LogP contribution is 2.29. The number of carboxylic acids is 1. The third kappa shape index (κ3) is 4.70. The number of amides is 3. The van der Waals surface area contributed by atoms with Crippen LogP contribution in [-0.2, 0) is 6.42 Å². The second kappa shape index (κ2) is 9.68. The van der Waals surface area contributed by atoms with Gasteiger partial charge in [-0.25, -0.2) is 4.79 Å². The van der Waals surface area contributed by atoms with Crippen molar-refractivity contribution in [3.63, 3.8) is 0 Å². The lowest BCUT2D eigenvalue weighted by atomic mass is 10.1. The number of benzene rings is 3. The van der Waals surface area contributed by atoms with E-state index in [9.17, 15) is 19.2 Å². The second-order valence-electron chi connectivity index (χ2n) is 7.80. The highest BCUT2D eigenvalue weighted by molar-refractivity contribution is 6.22. The Morgan fingerprint density at radius 3 is 2.14 bits per heavy atom. The molecule has 3 aromatic carbocycles. The first kappa shape index (κ1) is 23.5. The molecular weight excluding hydrogens is 452 g/mol. The van der Waals surface area contributed by atoms with Crippen LogP contribution in [0.4, 0.5) is 5.69 Å². The average molecular weight is 474 g/mol. The molecule has 1 heterocycles. The predicted molar refractivity (Wildman–Crippen MR) is 126 cm³/mol. The molecule has 2 N–H and O–H groups in total. The third-order valence-corrected chi connectivity index (χ3v) is 5.69. The van der Waals surface area contributed by atoms with Gasteiger partial charge in [0, 0.05) is 17.8 Å². The van der Waals surface area contributed by atoms with Gasteiger partial charge in [0.2, 0.25) is 0 Å². The lowest BCUT2D eigenvalue weighted by Crippen LogP contribution is -2.31. The van der Waals surface area contributed by atoms with Gasteiger partial charge in [0.15, 0.2) is 11.5 Å². The van der Waals surface area contributed by atoms with Crippen molar-refractivity contribution in [3.8, 4) is 11.5 Å². The molecule has 0 saturated carbocycles. The molecule has 0 fully saturated rings. The maximum atomic E-state index is 13.0. The third-order valence-electron chi connectivity index (χ3n) is 5.69. The van der Waals surface area contributed by atoms with E-state index >= 15 is 0 Å². The van der Waals surface area contributed by atoms with Gasteiger partial charge in [0.1, 0.15) is 0 Å². The number of methoxy groups -OCH3 is 2. The SMILES string of the molecule is COc1ccc(CCN2C(=O)c3ccc(C(=O)Nc4ccc(C(=O)O)cc4)cc3C2=O)cc1OC. The van der Waals surface area contributed by atoms with E-state index in [0.29, 0.717) is 23.6 Å². The maximum Gasteiger partial charge on any atom is 0.335 e. The summed E-state index contributed by atoms with van der Waals surface area (Å²) >= 11 is 0. The van der Waals surface area contributed by atoms with Gasteiger partial charge < -0.3 is 19.9 Å². The van der Waals surface area contributed by atoms with Crippen molar-refractivity contribution in [1.82, 2.24) is 4.90 Å². The molecular formula is C26H22N2O7. The van der Waals surface area contributed by atoms with Crippen LogP contribution in [0.3, 0.4) is 0 Å². The summed E-state index contributed by atoms with van der Waals surface area (Å²) in [5, 5.41) is 11.6. The van der Waals surface area contributed by atoms with Crippen molar-refractivity contribution in [2.45, 2.75) is 6.42 Å². The summed E-state index contributed by atoms with van der Waals surface area (Å²) in [7, 11) is 3.07. The van der Waals surface area contributed by atoms with Crippen LogP contribution in [0, 0.1) is 0 Å². The number of hydrogen-bond donors (Lipinski definition) is 2. The van der Waals surface area contributed by atoms with E-state index in [4.69, 9.17) is 14.6 Å². The maximum absolute atomic E-state index is 13.0. The van der Waals surface area contributed by atoms with Crippen LogP contribution >= 0.6 is 0 Å². The summed E-state index contributed by atoms with van der Waals surface area (Å²) in [6, 6.07) is 15.4. The van der Waals surface area contributed by atoms with Gasteiger partial charge in [0.05, 0.1) is 30.9 Å². The molecule has 0 aromatic heterocycles. The average Bonchev–Trinajstić information content (AvgIpc) is 3.11. The quantitative estimate of drug-likeness (QED) is 0.479. The van der Waals surface area contributed by atoms with Crippen LogP contribution in [0.2, 0.25) is 0 Å². The van der Waals surface area contributed by atoms with Crippen LogP contribution in [-0.4, -0.2) is 54.5 Å². The van der Waals surface area contributed by atoms with Crippen molar-refractivity contribution in [3.05, 3.63) is 88.5 Å². The summed E-state index contributed by atoms with van der Waals surface area (Å²) in [4.78, 5) is 50.6. The van der Waals surface area contributed by atoms with Crippen LogP contribution in [0.25, 0.3) is 0 Å². The first-order chi connectivity index (χ1) is 16.8. The zero-order chi connectivity index (χ0) is 25.1. The van der Waals surface area contributed by atoms with E-state index in [1.807, 2.05) is 6.07 Å². The Morgan fingerprint density at radius 2 is 1.49 bits per heavy atom. The minimum Gasteiger partial charge on any atom is -0.493 e. The fraction of sp³-hybridized carbons (Fsp3) is 0.154. The lowest BCUT2D eigenvalue weighted by molar-refractivity contribution is 0.0652. The number of hydrogen-bond acceptors (Lipinski definition) is 6. The minimum absolute atomic E-state index is 0.0952. The molecule has 1 aliphatic rings.